The topological polar surface area (TPSA) is 60.9 Å². The highest BCUT2D eigenvalue weighted by Gasteiger charge is 2.15. The van der Waals surface area contributed by atoms with Crippen LogP contribution in [0.4, 0.5) is 4.39 Å². The molecule has 0 spiro atoms. The maximum atomic E-state index is 13.2. The number of fused-ring (bicyclic) bond motifs is 4. The summed E-state index contributed by atoms with van der Waals surface area (Å²) in [6.45, 7) is 0.573. The molecule has 3 heterocycles. The van der Waals surface area contributed by atoms with Crippen molar-refractivity contribution >= 4 is 27.8 Å². The molecule has 3 aromatic heterocycles. The molecule has 116 valence electrons. The lowest BCUT2D eigenvalue weighted by atomic mass is 10.2. The Morgan fingerprint density at radius 2 is 1.83 bits per heavy atom. The van der Waals surface area contributed by atoms with E-state index in [1.165, 1.54) is 18.5 Å². The van der Waals surface area contributed by atoms with E-state index in [2.05, 4.69) is 24.8 Å². The summed E-state index contributed by atoms with van der Waals surface area (Å²) in [7, 11) is 0. The van der Waals surface area contributed by atoms with Crippen molar-refractivity contribution in [3.05, 3.63) is 66.2 Å². The molecule has 0 aliphatic rings. The molecule has 0 saturated carbocycles. The van der Waals surface area contributed by atoms with Gasteiger partial charge in [-0.25, -0.2) is 4.39 Å². The van der Waals surface area contributed by atoms with E-state index in [1.807, 2.05) is 24.3 Å². The smallest absolute Gasteiger partial charge is 0.273 e. The van der Waals surface area contributed by atoms with Gasteiger partial charge in [0, 0.05) is 11.9 Å². The van der Waals surface area contributed by atoms with E-state index in [-0.39, 0.29) is 5.82 Å². The van der Waals surface area contributed by atoms with E-state index in [0.29, 0.717) is 12.3 Å². The Hall–Kier alpha value is -3.35. The van der Waals surface area contributed by atoms with E-state index in [1.54, 1.807) is 16.6 Å². The molecule has 5 rings (SSSR count). The van der Waals surface area contributed by atoms with Gasteiger partial charge in [0.15, 0.2) is 5.65 Å². The molecule has 0 aliphatic heterocycles. The minimum atomic E-state index is -0.245. The van der Waals surface area contributed by atoms with Gasteiger partial charge in [0.25, 0.3) is 5.78 Å². The summed E-state index contributed by atoms with van der Waals surface area (Å²) in [6.07, 6.45) is 1.54. The van der Waals surface area contributed by atoms with Crippen molar-refractivity contribution in [2.45, 2.75) is 6.54 Å². The van der Waals surface area contributed by atoms with Crippen LogP contribution in [0.15, 0.2) is 54.9 Å². The minimum absolute atomic E-state index is 0.245. The van der Waals surface area contributed by atoms with Gasteiger partial charge in [0.05, 0.1) is 5.52 Å². The fourth-order valence-corrected chi connectivity index (χ4v) is 2.99. The summed E-state index contributed by atoms with van der Waals surface area (Å²) in [5.74, 6) is 0.205. The van der Waals surface area contributed by atoms with Crippen LogP contribution in [0.5, 0.6) is 0 Å². The van der Waals surface area contributed by atoms with Crippen LogP contribution >= 0.6 is 0 Å². The molecule has 0 fully saturated rings. The van der Waals surface area contributed by atoms with E-state index in [9.17, 15) is 4.39 Å². The first-order valence-electron chi connectivity index (χ1n) is 7.49. The zero-order valence-electron chi connectivity index (χ0n) is 12.5. The average molecular weight is 318 g/mol. The Bertz CT molecular complexity index is 1190. The van der Waals surface area contributed by atoms with E-state index < -0.39 is 0 Å². The molecule has 0 atom stereocenters. The molecule has 24 heavy (non-hydrogen) atoms. The Morgan fingerprint density at radius 3 is 2.71 bits per heavy atom. The second kappa shape index (κ2) is 4.82. The lowest BCUT2D eigenvalue weighted by Crippen LogP contribution is -2.02. The number of para-hydroxylation sites is 1. The Kier molecular flexibility index (Phi) is 2.64. The SMILES string of the molecule is Fc1ccc(Cn2c3ccccc3c3nn4cnnc4nc32)cc1. The van der Waals surface area contributed by atoms with Gasteiger partial charge in [0.1, 0.15) is 17.7 Å². The fraction of sp³-hybridized carbons (Fsp3) is 0.0588. The van der Waals surface area contributed by atoms with E-state index in [0.717, 1.165) is 27.6 Å². The van der Waals surface area contributed by atoms with Crippen LogP contribution < -0.4 is 0 Å². The quantitative estimate of drug-likeness (QED) is 0.502. The molecule has 0 bridgehead atoms. The lowest BCUT2D eigenvalue weighted by Gasteiger charge is -2.06. The summed E-state index contributed by atoms with van der Waals surface area (Å²) in [5, 5.41) is 13.4. The maximum absolute atomic E-state index is 13.2. The summed E-state index contributed by atoms with van der Waals surface area (Å²) < 4.78 is 16.8. The minimum Gasteiger partial charge on any atom is -0.319 e. The van der Waals surface area contributed by atoms with Crippen LogP contribution in [0.2, 0.25) is 0 Å². The number of nitrogens with zero attached hydrogens (tertiary/aromatic N) is 6. The van der Waals surface area contributed by atoms with Gasteiger partial charge in [-0.05, 0) is 23.8 Å². The Balaban J connectivity index is 1.81. The third-order valence-corrected chi connectivity index (χ3v) is 4.10. The van der Waals surface area contributed by atoms with Crippen LogP contribution in [0, 0.1) is 5.82 Å². The van der Waals surface area contributed by atoms with Gasteiger partial charge in [-0.15, -0.1) is 10.2 Å². The van der Waals surface area contributed by atoms with Crippen LogP contribution in [0.25, 0.3) is 27.8 Å². The van der Waals surface area contributed by atoms with Crippen molar-refractivity contribution in [2.75, 3.05) is 0 Å². The van der Waals surface area contributed by atoms with Gasteiger partial charge in [-0.1, -0.05) is 30.3 Å². The van der Waals surface area contributed by atoms with Gasteiger partial charge in [0.2, 0.25) is 0 Å². The molecule has 2 aromatic carbocycles. The van der Waals surface area contributed by atoms with Crippen molar-refractivity contribution < 1.29 is 4.39 Å². The van der Waals surface area contributed by atoms with E-state index >= 15 is 0 Å². The number of hydrogen-bond acceptors (Lipinski definition) is 4. The first-order chi connectivity index (χ1) is 11.8. The molecule has 6 nitrogen and oxygen atoms in total. The second-order valence-electron chi connectivity index (χ2n) is 5.59. The highest BCUT2D eigenvalue weighted by molar-refractivity contribution is 6.04. The van der Waals surface area contributed by atoms with Gasteiger partial charge < -0.3 is 4.57 Å². The highest BCUT2D eigenvalue weighted by Crippen LogP contribution is 2.27. The van der Waals surface area contributed by atoms with Gasteiger partial charge in [-0.3, -0.25) is 0 Å². The zero-order valence-corrected chi connectivity index (χ0v) is 12.5. The summed E-state index contributed by atoms with van der Waals surface area (Å²) in [4.78, 5) is 4.60. The molecule has 0 aliphatic carbocycles. The molecule has 0 N–H and O–H groups in total. The molecule has 0 saturated heterocycles. The molecular formula is C17H11FN6. The molecule has 5 aromatic rings. The first-order valence-corrected chi connectivity index (χ1v) is 7.49. The lowest BCUT2D eigenvalue weighted by molar-refractivity contribution is 0.626. The standard InChI is InChI=1S/C17H11FN6/c18-12-7-5-11(6-8-12)9-23-14-4-2-1-3-13(14)15-16(23)20-17-21-19-10-24(17)22-15/h1-8,10H,9H2. The normalized spacial score (nSPS) is 11.7. The average Bonchev–Trinajstić information content (AvgIpc) is 3.18. The van der Waals surface area contributed by atoms with Crippen LogP contribution in [0.1, 0.15) is 5.56 Å². The predicted octanol–water partition coefficient (Wildman–Crippen LogP) is 2.81. The summed E-state index contributed by atoms with van der Waals surface area (Å²) >= 11 is 0. The summed E-state index contributed by atoms with van der Waals surface area (Å²) in [6, 6.07) is 14.5. The maximum Gasteiger partial charge on any atom is 0.273 e. The molecule has 0 amide bonds. The van der Waals surface area contributed by atoms with E-state index in [4.69, 9.17) is 0 Å². The second-order valence-corrected chi connectivity index (χ2v) is 5.59. The van der Waals surface area contributed by atoms with Gasteiger partial charge in [-0.2, -0.15) is 14.6 Å². The van der Waals surface area contributed by atoms with Gasteiger partial charge >= 0.3 is 0 Å². The van der Waals surface area contributed by atoms with Crippen LogP contribution in [-0.2, 0) is 6.54 Å². The van der Waals surface area contributed by atoms with Crippen molar-refractivity contribution in [1.29, 1.82) is 0 Å². The predicted molar refractivity (Wildman–Crippen MR) is 87.1 cm³/mol. The number of halogens is 1. The Labute approximate surface area is 135 Å². The molecule has 0 unspecified atom stereocenters. The van der Waals surface area contributed by atoms with Crippen LogP contribution in [-0.4, -0.2) is 29.4 Å². The first kappa shape index (κ1) is 13.1. The number of rotatable bonds is 2. The highest BCUT2D eigenvalue weighted by atomic mass is 19.1. The molecule has 7 heteroatoms. The van der Waals surface area contributed by atoms with Crippen molar-refractivity contribution in [2.24, 2.45) is 0 Å². The number of aromatic nitrogens is 6. The van der Waals surface area contributed by atoms with Crippen molar-refractivity contribution in [3.8, 4) is 0 Å². The molecular weight excluding hydrogens is 307 g/mol. The largest absolute Gasteiger partial charge is 0.319 e. The van der Waals surface area contributed by atoms with Crippen molar-refractivity contribution in [3.63, 3.8) is 0 Å². The van der Waals surface area contributed by atoms with Crippen molar-refractivity contribution in [1.82, 2.24) is 29.4 Å². The number of hydrogen-bond donors (Lipinski definition) is 0. The fourth-order valence-electron chi connectivity index (χ4n) is 2.99. The number of benzene rings is 2. The Morgan fingerprint density at radius 1 is 1.00 bits per heavy atom. The monoisotopic (exact) mass is 318 g/mol. The zero-order chi connectivity index (χ0) is 16.1. The summed E-state index contributed by atoms with van der Waals surface area (Å²) in [5.41, 5.74) is 3.54. The molecule has 0 radical (unpaired) electrons. The third kappa shape index (κ3) is 1.88. The van der Waals surface area contributed by atoms with Crippen LogP contribution in [0.3, 0.4) is 0 Å². The third-order valence-electron chi connectivity index (χ3n) is 4.10.